The number of hydrogen-bond acceptors (Lipinski definition) is 5. The topological polar surface area (TPSA) is 60.0 Å². The lowest BCUT2D eigenvalue weighted by atomic mass is 9.88. The van der Waals surface area contributed by atoms with Gasteiger partial charge in [-0.25, -0.2) is 0 Å². The molecule has 2 aromatic rings. The van der Waals surface area contributed by atoms with Gasteiger partial charge in [0.25, 0.3) is 0 Å². The minimum atomic E-state index is 0.0921. The number of carbonyl (C=O) groups excluding carboxylic acids is 1. The molecule has 6 nitrogen and oxygen atoms in total. The molecule has 0 spiro atoms. The first-order chi connectivity index (χ1) is 17.6. The second-order valence-electron chi connectivity index (χ2n) is 9.70. The minimum absolute atomic E-state index is 0.0921. The van der Waals surface area contributed by atoms with Crippen molar-refractivity contribution in [1.82, 2.24) is 10.2 Å². The van der Waals surface area contributed by atoms with E-state index in [-0.39, 0.29) is 5.91 Å². The zero-order valence-electron chi connectivity index (χ0n) is 22.2. The smallest absolute Gasteiger partial charge is 0.220 e. The second kappa shape index (κ2) is 12.3. The first kappa shape index (κ1) is 26.1. The molecule has 1 saturated heterocycles. The van der Waals surface area contributed by atoms with Crippen molar-refractivity contribution in [2.75, 3.05) is 34.4 Å². The van der Waals surface area contributed by atoms with Crippen LogP contribution in [0.5, 0.6) is 17.2 Å². The number of fused-ring (bicyclic) bond motifs is 1. The van der Waals surface area contributed by atoms with Gasteiger partial charge in [-0.05, 0) is 78.8 Å². The molecule has 2 aliphatic rings. The van der Waals surface area contributed by atoms with Crippen LogP contribution in [-0.4, -0.2) is 51.3 Å². The summed E-state index contributed by atoms with van der Waals surface area (Å²) in [5, 5.41) is 3.11. The Hall–Kier alpha value is -2.99. The van der Waals surface area contributed by atoms with Crippen molar-refractivity contribution in [3.8, 4) is 28.4 Å². The van der Waals surface area contributed by atoms with Crippen LogP contribution in [0.3, 0.4) is 0 Å². The molecule has 6 heteroatoms. The van der Waals surface area contributed by atoms with Gasteiger partial charge in [0.1, 0.15) is 5.75 Å². The van der Waals surface area contributed by atoms with Crippen LogP contribution in [0.1, 0.15) is 63.0 Å². The van der Waals surface area contributed by atoms with Crippen LogP contribution < -0.4 is 19.5 Å². The molecule has 1 fully saturated rings. The van der Waals surface area contributed by atoms with Crippen molar-refractivity contribution in [2.45, 2.75) is 64.5 Å². The highest BCUT2D eigenvalue weighted by Gasteiger charge is 2.28. The summed E-state index contributed by atoms with van der Waals surface area (Å²) in [5.74, 6) is 2.27. The molecule has 0 saturated carbocycles. The number of nitrogens with zero attached hydrogens (tertiary/aromatic N) is 1. The molecule has 1 N–H and O–H groups in total. The third-order valence-electron chi connectivity index (χ3n) is 7.42. The highest BCUT2D eigenvalue weighted by atomic mass is 16.5. The maximum absolute atomic E-state index is 12.4. The molecule has 4 rings (SSSR count). The van der Waals surface area contributed by atoms with E-state index in [0.717, 1.165) is 54.7 Å². The number of amides is 1. The van der Waals surface area contributed by atoms with E-state index in [0.29, 0.717) is 30.5 Å². The minimum Gasteiger partial charge on any atom is -0.496 e. The Balaban J connectivity index is 1.72. The number of rotatable bonds is 11. The summed E-state index contributed by atoms with van der Waals surface area (Å²) in [6.45, 7) is 4.87. The Kier molecular flexibility index (Phi) is 8.92. The van der Waals surface area contributed by atoms with Crippen molar-refractivity contribution in [1.29, 1.82) is 0 Å². The lowest BCUT2D eigenvalue weighted by Gasteiger charge is -2.29. The number of benzene rings is 2. The van der Waals surface area contributed by atoms with Gasteiger partial charge < -0.3 is 19.5 Å². The van der Waals surface area contributed by atoms with E-state index in [1.165, 1.54) is 30.5 Å². The summed E-state index contributed by atoms with van der Waals surface area (Å²) in [6, 6.07) is 10.9. The van der Waals surface area contributed by atoms with E-state index in [4.69, 9.17) is 14.2 Å². The molecule has 0 radical (unpaired) electrons. The normalized spacial score (nSPS) is 17.3. The van der Waals surface area contributed by atoms with Gasteiger partial charge in [-0.15, -0.1) is 0 Å². The van der Waals surface area contributed by atoms with Crippen LogP contribution >= 0.6 is 0 Å². The Bertz CT molecular complexity index is 1090. The molecule has 2 aliphatic heterocycles. The van der Waals surface area contributed by atoms with Gasteiger partial charge >= 0.3 is 0 Å². The Morgan fingerprint density at radius 1 is 0.972 bits per heavy atom. The van der Waals surface area contributed by atoms with E-state index in [9.17, 15) is 4.79 Å². The molecule has 1 unspecified atom stereocenters. The highest BCUT2D eigenvalue weighted by molar-refractivity contribution is 5.85. The summed E-state index contributed by atoms with van der Waals surface area (Å²) >= 11 is 0. The Labute approximate surface area is 215 Å². The van der Waals surface area contributed by atoms with Crippen LogP contribution in [0.25, 0.3) is 16.7 Å². The molecule has 2 heterocycles. The quantitative estimate of drug-likeness (QED) is 0.400. The van der Waals surface area contributed by atoms with E-state index in [1.54, 1.807) is 21.3 Å². The number of unbranched alkanes of at least 4 members (excludes halogenated alkanes) is 2. The monoisotopic (exact) mass is 492 g/mol. The molecular formula is C30H40N2O4. The average molecular weight is 493 g/mol. The Morgan fingerprint density at radius 2 is 1.78 bits per heavy atom. The van der Waals surface area contributed by atoms with E-state index in [2.05, 4.69) is 41.4 Å². The number of hydrogen-bond donors (Lipinski definition) is 1. The zero-order chi connectivity index (χ0) is 25.5. The molecule has 36 heavy (non-hydrogen) atoms. The second-order valence-corrected chi connectivity index (χ2v) is 9.70. The summed E-state index contributed by atoms with van der Waals surface area (Å²) in [5.41, 5.74) is 5.70. The predicted molar refractivity (Wildman–Crippen MR) is 145 cm³/mol. The molecule has 0 bridgehead atoms. The zero-order valence-corrected chi connectivity index (χ0v) is 22.2. The number of ether oxygens (including phenoxy) is 3. The average Bonchev–Trinajstić information content (AvgIpc) is 3.39. The van der Waals surface area contributed by atoms with Crippen LogP contribution in [0.4, 0.5) is 0 Å². The maximum atomic E-state index is 12.4. The molecule has 1 atom stereocenters. The van der Waals surface area contributed by atoms with Crippen molar-refractivity contribution in [3.63, 3.8) is 0 Å². The first-order valence-electron chi connectivity index (χ1n) is 13.2. The van der Waals surface area contributed by atoms with Crippen molar-refractivity contribution in [3.05, 3.63) is 47.5 Å². The lowest BCUT2D eigenvalue weighted by molar-refractivity contribution is -0.121. The molecular weight excluding hydrogens is 452 g/mol. The van der Waals surface area contributed by atoms with Crippen LogP contribution in [0.2, 0.25) is 0 Å². The maximum Gasteiger partial charge on any atom is 0.220 e. The number of nitrogens with one attached hydrogen (secondary N) is 1. The van der Waals surface area contributed by atoms with Gasteiger partial charge in [0.15, 0.2) is 11.5 Å². The number of carbonyl (C=O) groups is 1. The fourth-order valence-electron chi connectivity index (χ4n) is 5.40. The van der Waals surface area contributed by atoms with Crippen molar-refractivity contribution in [2.24, 2.45) is 0 Å². The SMILES string of the molecule is CCCCCC(=O)NCc1cc(C2=CC3CCCN3CC2)c(-c2ccc(OC)c(OC)c2)cc1OC. The van der Waals surface area contributed by atoms with Gasteiger partial charge in [-0.2, -0.15) is 0 Å². The predicted octanol–water partition coefficient (Wildman–Crippen LogP) is 5.83. The third-order valence-corrected chi connectivity index (χ3v) is 7.42. The summed E-state index contributed by atoms with van der Waals surface area (Å²) < 4.78 is 16.9. The van der Waals surface area contributed by atoms with Gasteiger partial charge in [-0.3, -0.25) is 9.69 Å². The van der Waals surface area contributed by atoms with Gasteiger partial charge in [0.05, 0.1) is 21.3 Å². The summed E-state index contributed by atoms with van der Waals surface area (Å²) in [4.78, 5) is 15.0. The highest BCUT2D eigenvalue weighted by Crippen LogP contribution is 2.41. The molecule has 1 amide bonds. The first-order valence-corrected chi connectivity index (χ1v) is 13.2. The number of methoxy groups -OCH3 is 3. The van der Waals surface area contributed by atoms with Crippen LogP contribution in [-0.2, 0) is 11.3 Å². The fourth-order valence-corrected chi connectivity index (χ4v) is 5.40. The Morgan fingerprint density at radius 3 is 2.53 bits per heavy atom. The van der Waals surface area contributed by atoms with Crippen molar-refractivity contribution < 1.29 is 19.0 Å². The molecule has 2 aromatic carbocycles. The largest absolute Gasteiger partial charge is 0.496 e. The standard InChI is InChI=1S/C30H40N2O4/c1-5-6-7-10-30(33)31-20-23-17-25(22-13-15-32-14-8-9-24(32)16-22)26(19-28(23)35-3)21-11-12-27(34-2)29(18-21)36-4/h11-12,16-19,24H,5-10,13-15,20H2,1-4H3,(H,31,33). The third kappa shape index (κ3) is 5.86. The molecule has 194 valence electrons. The summed E-state index contributed by atoms with van der Waals surface area (Å²) in [6.07, 6.45) is 9.61. The van der Waals surface area contributed by atoms with Crippen LogP contribution in [0, 0.1) is 0 Å². The van der Waals surface area contributed by atoms with Gasteiger partial charge in [-0.1, -0.05) is 31.9 Å². The van der Waals surface area contributed by atoms with Gasteiger partial charge in [0, 0.05) is 31.1 Å². The van der Waals surface area contributed by atoms with E-state index in [1.807, 2.05) is 12.1 Å². The molecule has 0 aliphatic carbocycles. The van der Waals surface area contributed by atoms with E-state index < -0.39 is 0 Å². The van der Waals surface area contributed by atoms with Gasteiger partial charge in [0.2, 0.25) is 5.91 Å². The summed E-state index contributed by atoms with van der Waals surface area (Å²) in [7, 11) is 5.00. The van der Waals surface area contributed by atoms with E-state index >= 15 is 0 Å². The van der Waals surface area contributed by atoms with Crippen LogP contribution in [0.15, 0.2) is 36.4 Å². The molecule has 0 aromatic heterocycles. The van der Waals surface area contributed by atoms with Crippen molar-refractivity contribution >= 4 is 11.5 Å². The lowest BCUT2D eigenvalue weighted by Crippen LogP contribution is -2.32. The fraction of sp³-hybridized carbons (Fsp3) is 0.500.